The fourth-order valence-electron chi connectivity index (χ4n) is 1.27. The Morgan fingerprint density at radius 3 is 2.92 bits per heavy atom. The van der Waals surface area contributed by atoms with Crippen LogP contribution >= 0.6 is 12.4 Å². The molecule has 2 rings (SSSR count). The topological polar surface area (TPSA) is 56.7 Å². The molecule has 2 aromatic rings. The fourth-order valence-corrected chi connectivity index (χ4v) is 1.27. The van der Waals surface area contributed by atoms with E-state index in [4.69, 9.17) is 5.73 Å². The predicted molar refractivity (Wildman–Crippen MR) is 53.6 cm³/mol. The van der Waals surface area contributed by atoms with Gasteiger partial charge in [0.25, 0.3) is 0 Å². The molecule has 0 spiro atoms. The lowest BCUT2D eigenvalue weighted by molar-refractivity contribution is 0.812. The van der Waals surface area contributed by atoms with Crippen LogP contribution in [-0.2, 0) is 13.6 Å². The summed E-state index contributed by atoms with van der Waals surface area (Å²) in [5.74, 6) is 0.887. The number of halogens is 1. The first-order valence-electron chi connectivity index (χ1n) is 3.78. The van der Waals surface area contributed by atoms with E-state index in [-0.39, 0.29) is 12.4 Å². The van der Waals surface area contributed by atoms with Crippen molar-refractivity contribution in [2.75, 3.05) is 0 Å². The zero-order valence-electron chi connectivity index (χ0n) is 7.27. The summed E-state index contributed by atoms with van der Waals surface area (Å²) >= 11 is 0. The molecule has 0 atom stereocenters. The van der Waals surface area contributed by atoms with Gasteiger partial charge in [0.05, 0.1) is 23.8 Å². The van der Waals surface area contributed by atoms with E-state index >= 15 is 0 Å². The van der Waals surface area contributed by atoms with Crippen LogP contribution in [0.3, 0.4) is 0 Å². The van der Waals surface area contributed by atoms with Gasteiger partial charge < -0.3 is 10.3 Å². The van der Waals surface area contributed by atoms with Crippen molar-refractivity contribution in [3.63, 3.8) is 0 Å². The van der Waals surface area contributed by atoms with Crippen molar-refractivity contribution in [2.45, 2.75) is 6.54 Å². The molecule has 2 aromatic heterocycles. The molecule has 0 saturated carbocycles. The average Bonchev–Trinajstić information content (AvgIpc) is 2.44. The maximum atomic E-state index is 5.51. The van der Waals surface area contributed by atoms with Crippen molar-refractivity contribution in [2.24, 2.45) is 12.8 Å². The van der Waals surface area contributed by atoms with E-state index in [9.17, 15) is 0 Å². The highest BCUT2D eigenvalue weighted by molar-refractivity contribution is 5.85. The molecule has 0 aliphatic carbocycles. The standard InChI is InChI=1S/C8H10N4.ClH/c1-12-7-5-10-3-2-6(7)11-8(12)4-9;/h2-3,5H,4,9H2,1H3;1H. The number of hydrogen-bond donors (Lipinski definition) is 1. The lowest BCUT2D eigenvalue weighted by Gasteiger charge is -1.96. The number of hydrogen-bond acceptors (Lipinski definition) is 3. The van der Waals surface area contributed by atoms with Crippen LogP contribution in [0.2, 0.25) is 0 Å². The number of aryl methyl sites for hydroxylation is 1. The van der Waals surface area contributed by atoms with Gasteiger partial charge in [0.1, 0.15) is 5.82 Å². The van der Waals surface area contributed by atoms with Gasteiger partial charge in [0, 0.05) is 13.2 Å². The number of fused-ring (bicyclic) bond motifs is 1. The molecule has 5 heteroatoms. The number of pyridine rings is 1. The maximum absolute atomic E-state index is 5.51. The van der Waals surface area contributed by atoms with Gasteiger partial charge >= 0.3 is 0 Å². The number of imidazole rings is 1. The minimum Gasteiger partial charge on any atom is -0.329 e. The smallest absolute Gasteiger partial charge is 0.123 e. The molecule has 0 radical (unpaired) electrons. The van der Waals surface area contributed by atoms with Gasteiger partial charge in [-0.25, -0.2) is 4.98 Å². The van der Waals surface area contributed by atoms with E-state index in [1.54, 1.807) is 12.4 Å². The molecular weight excluding hydrogens is 188 g/mol. The Bertz CT molecular complexity index is 409. The molecular formula is C8H11ClN4. The van der Waals surface area contributed by atoms with Crippen molar-refractivity contribution in [3.05, 3.63) is 24.3 Å². The molecule has 2 heterocycles. The largest absolute Gasteiger partial charge is 0.329 e. The first-order valence-corrected chi connectivity index (χ1v) is 3.78. The maximum Gasteiger partial charge on any atom is 0.123 e. The van der Waals surface area contributed by atoms with Crippen molar-refractivity contribution < 1.29 is 0 Å². The second-order valence-electron chi connectivity index (χ2n) is 2.66. The zero-order valence-corrected chi connectivity index (χ0v) is 8.08. The highest BCUT2D eigenvalue weighted by Crippen LogP contribution is 2.11. The van der Waals surface area contributed by atoms with Gasteiger partial charge in [0.15, 0.2) is 0 Å². The van der Waals surface area contributed by atoms with Gasteiger partial charge in [-0.1, -0.05) is 0 Å². The van der Waals surface area contributed by atoms with Crippen LogP contribution in [-0.4, -0.2) is 14.5 Å². The normalized spacial score (nSPS) is 10.0. The third-order valence-electron chi connectivity index (χ3n) is 1.96. The van der Waals surface area contributed by atoms with Crippen molar-refractivity contribution in [3.8, 4) is 0 Å². The predicted octanol–water partition coefficient (Wildman–Crippen LogP) is 0.849. The average molecular weight is 199 g/mol. The first-order chi connectivity index (χ1) is 5.83. The van der Waals surface area contributed by atoms with E-state index in [2.05, 4.69) is 9.97 Å². The second kappa shape index (κ2) is 3.72. The molecule has 2 N–H and O–H groups in total. The van der Waals surface area contributed by atoms with E-state index in [0.717, 1.165) is 16.9 Å². The summed E-state index contributed by atoms with van der Waals surface area (Å²) in [7, 11) is 1.94. The highest BCUT2D eigenvalue weighted by Gasteiger charge is 2.04. The van der Waals surface area contributed by atoms with Crippen LogP contribution in [0, 0.1) is 0 Å². The Balaban J connectivity index is 0.000000845. The minimum absolute atomic E-state index is 0. The SMILES string of the molecule is Cl.Cn1c(CN)nc2ccncc21. The molecule has 0 bridgehead atoms. The van der Waals surface area contributed by atoms with Gasteiger partial charge in [-0.15, -0.1) is 12.4 Å². The molecule has 70 valence electrons. The van der Waals surface area contributed by atoms with Gasteiger partial charge in [-0.3, -0.25) is 4.98 Å². The Labute approximate surface area is 82.2 Å². The fraction of sp³-hybridized carbons (Fsp3) is 0.250. The molecule has 13 heavy (non-hydrogen) atoms. The van der Waals surface area contributed by atoms with Gasteiger partial charge in [-0.05, 0) is 6.07 Å². The van der Waals surface area contributed by atoms with Crippen LogP contribution in [0.4, 0.5) is 0 Å². The van der Waals surface area contributed by atoms with Crippen molar-refractivity contribution in [1.82, 2.24) is 14.5 Å². The molecule has 0 saturated heterocycles. The quantitative estimate of drug-likeness (QED) is 0.739. The lowest BCUT2D eigenvalue weighted by Crippen LogP contribution is -2.04. The van der Waals surface area contributed by atoms with Gasteiger partial charge in [-0.2, -0.15) is 0 Å². The van der Waals surface area contributed by atoms with Crippen LogP contribution in [0.25, 0.3) is 11.0 Å². The number of rotatable bonds is 1. The minimum atomic E-state index is 0. The summed E-state index contributed by atoms with van der Waals surface area (Å²) in [5.41, 5.74) is 7.49. The Kier molecular flexibility index (Phi) is 2.85. The van der Waals surface area contributed by atoms with E-state index in [1.807, 2.05) is 17.7 Å². The molecule has 0 amide bonds. The van der Waals surface area contributed by atoms with Crippen LogP contribution in [0.1, 0.15) is 5.82 Å². The zero-order chi connectivity index (χ0) is 8.55. The Morgan fingerprint density at radius 2 is 2.31 bits per heavy atom. The van der Waals surface area contributed by atoms with E-state index in [0.29, 0.717) is 6.54 Å². The molecule has 0 aromatic carbocycles. The van der Waals surface area contributed by atoms with Crippen LogP contribution < -0.4 is 5.73 Å². The Morgan fingerprint density at radius 1 is 1.54 bits per heavy atom. The summed E-state index contributed by atoms with van der Waals surface area (Å²) in [6.07, 6.45) is 3.52. The van der Waals surface area contributed by atoms with Crippen LogP contribution in [0.5, 0.6) is 0 Å². The molecule has 0 fully saturated rings. The van der Waals surface area contributed by atoms with Gasteiger partial charge in [0.2, 0.25) is 0 Å². The summed E-state index contributed by atoms with van der Waals surface area (Å²) in [5, 5.41) is 0. The highest BCUT2D eigenvalue weighted by atomic mass is 35.5. The van der Waals surface area contributed by atoms with E-state index in [1.165, 1.54) is 0 Å². The second-order valence-corrected chi connectivity index (χ2v) is 2.66. The summed E-state index contributed by atoms with van der Waals surface area (Å²) < 4.78 is 1.96. The lowest BCUT2D eigenvalue weighted by atomic mass is 10.4. The van der Waals surface area contributed by atoms with Crippen molar-refractivity contribution in [1.29, 1.82) is 0 Å². The molecule has 4 nitrogen and oxygen atoms in total. The summed E-state index contributed by atoms with van der Waals surface area (Å²) in [6, 6.07) is 1.88. The third-order valence-corrected chi connectivity index (χ3v) is 1.96. The van der Waals surface area contributed by atoms with Crippen LogP contribution in [0.15, 0.2) is 18.5 Å². The monoisotopic (exact) mass is 198 g/mol. The van der Waals surface area contributed by atoms with E-state index < -0.39 is 0 Å². The summed E-state index contributed by atoms with van der Waals surface area (Å²) in [4.78, 5) is 8.35. The number of nitrogens with zero attached hydrogens (tertiary/aromatic N) is 3. The number of aromatic nitrogens is 3. The third kappa shape index (κ3) is 1.50. The number of nitrogens with two attached hydrogens (primary N) is 1. The Hall–Kier alpha value is -1.13. The molecule has 0 aliphatic rings. The first kappa shape index (κ1) is 9.95. The van der Waals surface area contributed by atoms with Crippen molar-refractivity contribution >= 4 is 23.4 Å². The molecule has 0 aliphatic heterocycles. The molecule has 0 unspecified atom stereocenters. The summed E-state index contributed by atoms with van der Waals surface area (Å²) in [6.45, 7) is 0.463.